The smallest absolute Gasteiger partial charge is 0.0924 e. The molecule has 13 heavy (non-hydrogen) atoms. The second-order valence-electron chi connectivity index (χ2n) is 2.59. The van der Waals surface area contributed by atoms with Crippen molar-refractivity contribution in [1.82, 2.24) is 9.97 Å². The van der Waals surface area contributed by atoms with Crippen LogP contribution in [0.3, 0.4) is 0 Å². The molecule has 0 saturated heterocycles. The Morgan fingerprint density at radius 3 is 2.85 bits per heavy atom. The molecule has 0 aliphatic rings. The molecule has 2 aromatic rings. The number of nitrogens with one attached hydrogen (secondary N) is 1. The minimum absolute atomic E-state index is 0.701. The van der Waals surface area contributed by atoms with Crippen molar-refractivity contribution in [2.75, 3.05) is 0 Å². The van der Waals surface area contributed by atoms with Crippen molar-refractivity contribution in [3.8, 4) is 11.3 Å². The monoisotopic (exact) mass is 256 g/mol. The SMILES string of the molecule is Clc1cc(-c2cnc[nH]2)ccc1Br. The molecule has 0 radical (unpaired) electrons. The van der Waals surface area contributed by atoms with E-state index in [1.807, 2.05) is 18.2 Å². The highest BCUT2D eigenvalue weighted by Gasteiger charge is 2.01. The van der Waals surface area contributed by atoms with E-state index >= 15 is 0 Å². The highest BCUT2D eigenvalue weighted by atomic mass is 79.9. The minimum atomic E-state index is 0.701. The van der Waals surface area contributed by atoms with Crippen molar-refractivity contribution in [2.24, 2.45) is 0 Å². The van der Waals surface area contributed by atoms with Crippen LogP contribution < -0.4 is 0 Å². The zero-order chi connectivity index (χ0) is 9.26. The Bertz CT molecular complexity index is 412. The average Bonchev–Trinajstić information content (AvgIpc) is 2.62. The zero-order valence-electron chi connectivity index (χ0n) is 6.59. The Balaban J connectivity index is 2.49. The number of imidazole rings is 1. The molecule has 1 N–H and O–H groups in total. The van der Waals surface area contributed by atoms with Gasteiger partial charge >= 0.3 is 0 Å². The standard InChI is InChI=1S/C9H6BrClN2/c10-7-2-1-6(3-8(7)11)9-4-12-5-13-9/h1-5H,(H,12,13). The predicted molar refractivity (Wildman–Crippen MR) is 56.7 cm³/mol. The van der Waals surface area contributed by atoms with Gasteiger partial charge in [0.1, 0.15) is 0 Å². The maximum absolute atomic E-state index is 5.95. The summed E-state index contributed by atoms with van der Waals surface area (Å²) in [6, 6.07) is 5.78. The van der Waals surface area contributed by atoms with Crippen LogP contribution in [0.15, 0.2) is 35.2 Å². The summed E-state index contributed by atoms with van der Waals surface area (Å²) in [6.45, 7) is 0. The third-order valence-corrected chi connectivity index (χ3v) is 2.96. The van der Waals surface area contributed by atoms with E-state index in [1.165, 1.54) is 0 Å². The van der Waals surface area contributed by atoms with Crippen LogP contribution in [0.1, 0.15) is 0 Å². The molecule has 0 saturated carbocycles. The van der Waals surface area contributed by atoms with Gasteiger partial charge in [0.2, 0.25) is 0 Å². The van der Waals surface area contributed by atoms with E-state index in [-0.39, 0.29) is 0 Å². The molecule has 1 heterocycles. The predicted octanol–water partition coefficient (Wildman–Crippen LogP) is 3.49. The van der Waals surface area contributed by atoms with E-state index in [0.29, 0.717) is 5.02 Å². The molecule has 0 atom stereocenters. The number of rotatable bonds is 1. The first-order chi connectivity index (χ1) is 6.27. The number of aromatic nitrogens is 2. The van der Waals surface area contributed by atoms with Gasteiger partial charge in [-0.3, -0.25) is 0 Å². The minimum Gasteiger partial charge on any atom is -0.345 e. The van der Waals surface area contributed by atoms with Crippen molar-refractivity contribution in [3.05, 3.63) is 40.2 Å². The third kappa shape index (κ3) is 1.76. The van der Waals surface area contributed by atoms with Crippen LogP contribution >= 0.6 is 27.5 Å². The van der Waals surface area contributed by atoms with Gasteiger partial charge in [-0.2, -0.15) is 0 Å². The molecule has 0 bridgehead atoms. The van der Waals surface area contributed by atoms with Crippen LogP contribution in [-0.2, 0) is 0 Å². The number of halogens is 2. The van der Waals surface area contributed by atoms with Gasteiger partial charge in [0.15, 0.2) is 0 Å². The summed E-state index contributed by atoms with van der Waals surface area (Å²) in [7, 11) is 0. The number of hydrogen-bond donors (Lipinski definition) is 1. The summed E-state index contributed by atoms with van der Waals surface area (Å²) < 4.78 is 0.900. The second-order valence-corrected chi connectivity index (χ2v) is 3.86. The van der Waals surface area contributed by atoms with Crippen molar-refractivity contribution < 1.29 is 0 Å². The summed E-state index contributed by atoms with van der Waals surface area (Å²) in [5.41, 5.74) is 2.00. The Kier molecular flexibility index (Phi) is 2.38. The number of benzene rings is 1. The summed E-state index contributed by atoms with van der Waals surface area (Å²) in [6.07, 6.45) is 3.41. The van der Waals surface area contributed by atoms with Crippen LogP contribution in [0, 0.1) is 0 Å². The lowest BCUT2D eigenvalue weighted by atomic mass is 10.2. The van der Waals surface area contributed by atoms with E-state index in [4.69, 9.17) is 11.6 Å². The molecule has 1 aromatic carbocycles. The molecule has 0 aliphatic carbocycles. The molecule has 66 valence electrons. The first-order valence-electron chi connectivity index (χ1n) is 3.71. The first-order valence-corrected chi connectivity index (χ1v) is 4.88. The van der Waals surface area contributed by atoms with E-state index in [2.05, 4.69) is 25.9 Å². The fourth-order valence-corrected chi connectivity index (χ4v) is 1.50. The maximum atomic E-state index is 5.95. The molecule has 2 rings (SSSR count). The Morgan fingerprint density at radius 2 is 2.23 bits per heavy atom. The van der Waals surface area contributed by atoms with Crippen LogP contribution in [-0.4, -0.2) is 9.97 Å². The third-order valence-electron chi connectivity index (χ3n) is 1.73. The molecule has 2 nitrogen and oxygen atoms in total. The van der Waals surface area contributed by atoms with Crippen molar-refractivity contribution >= 4 is 27.5 Å². The number of aromatic amines is 1. The largest absolute Gasteiger partial charge is 0.345 e. The van der Waals surface area contributed by atoms with Gasteiger partial charge in [-0.1, -0.05) is 17.7 Å². The lowest BCUT2D eigenvalue weighted by Gasteiger charge is -1.99. The molecule has 1 aromatic heterocycles. The quantitative estimate of drug-likeness (QED) is 0.832. The van der Waals surface area contributed by atoms with Gasteiger partial charge in [-0.25, -0.2) is 4.98 Å². The summed E-state index contributed by atoms with van der Waals surface area (Å²) >= 11 is 9.28. The Morgan fingerprint density at radius 1 is 1.38 bits per heavy atom. The lowest BCUT2D eigenvalue weighted by Crippen LogP contribution is -1.77. The second kappa shape index (κ2) is 3.52. The highest BCUT2D eigenvalue weighted by Crippen LogP contribution is 2.27. The fourth-order valence-electron chi connectivity index (χ4n) is 1.08. The summed E-state index contributed by atoms with van der Waals surface area (Å²) in [5.74, 6) is 0. The normalized spacial score (nSPS) is 10.3. The molecule has 0 unspecified atom stereocenters. The van der Waals surface area contributed by atoms with Gasteiger partial charge in [0, 0.05) is 10.0 Å². The Hall–Kier alpha value is -0.800. The highest BCUT2D eigenvalue weighted by molar-refractivity contribution is 9.10. The average molecular weight is 258 g/mol. The summed E-state index contributed by atoms with van der Waals surface area (Å²) in [4.78, 5) is 6.96. The lowest BCUT2D eigenvalue weighted by molar-refractivity contribution is 1.31. The Labute approximate surface area is 89.1 Å². The number of nitrogens with zero attached hydrogens (tertiary/aromatic N) is 1. The molecular weight excluding hydrogens is 251 g/mol. The molecule has 4 heteroatoms. The van der Waals surface area contributed by atoms with Gasteiger partial charge in [-0.05, 0) is 28.1 Å². The van der Waals surface area contributed by atoms with Crippen LogP contribution in [0.2, 0.25) is 5.02 Å². The van der Waals surface area contributed by atoms with Gasteiger partial charge in [-0.15, -0.1) is 0 Å². The van der Waals surface area contributed by atoms with Crippen molar-refractivity contribution in [1.29, 1.82) is 0 Å². The van der Waals surface area contributed by atoms with E-state index in [0.717, 1.165) is 15.7 Å². The van der Waals surface area contributed by atoms with E-state index in [1.54, 1.807) is 12.5 Å². The van der Waals surface area contributed by atoms with Crippen LogP contribution in [0.5, 0.6) is 0 Å². The number of H-pyrrole nitrogens is 1. The van der Waals surface area contributed by atoms with Gasteiger partial charge in [0.05, 0.1) is 23.2 Å². The summed E-state index contributed by atoms with van der Waals surface area (Å²) in [5, 5.41) is 0.701. The molecule has 0 spiro atoms. The zero-order valence-corrected chi connectivity index (χ0v) is 8.93. The number of hydrogen-bond acceptors (Lipinski definition) is 1. The van der Waals surface area contributed by atoms with E-state index in [9.17, 15) is 0 Å². The fraction of sp³-hybridized carbons (Fsp3) is 0. The first kappa shape index (κ1) is 8.78. The van der Waals surface area contributed by atoms with E-state index < -0.39 is 0 Å². The van der Waals surface area contributed by atoms with Crippen LogP contribution in [0.4, 0.5) is 0 Å². The van der Waals surface area contributed by atoms with Gasteiger partial charge in [0.25, 0.3) is 0 Å². The molecule has 0 aliphatic heterocycles. The van der Waals surface area contributed by atoms with Crippen molar-refractivity contribution in [3.63, 3.8) is 0 Å². The molecule has 0 amide bonds. The molecular formula is C9H6BrClN2. The molecule has 0 fully saturated rings. The van der Waals surface area contributed by atoms with Crippen LogP contribution in [0.25, 0.3) is 11.3 Å². The van der Waals surface area contributed by atoms with Gasteiger partial charge < -0.3 is 4.98 Å². The van der Waals surface area contributed by atoms with Crippen molar-refractivity contribution in [2.45, 2.75) is 0 Å². The maximum Gasteiger partial charge on any atom is 0.0924 e. The topological polar surface area (TPSA) is 28.7 Å².